The topological polar surface area (TPSA) is 75.4 Å². The van der Waals surface area contributed by atoms with E-state index in [1.807, 2.05) is 0 Å². The highest BCUT2D eigenvalue weighted by atomic mass is 32.2. The highest BCUT2D eigenvalue weighted by Crippen LogP contribution is 2.30. The Morgan fingerprint density at radius 1 is 1.33 bits per heavy atom. The molecular weight excluding hydrogens is 293 g/mol. The molecule has 0 bridgehead atoms. The van der Waals surface area contributed by atoms with Crippen molar-refractivity contribution in [2.45, 2.75) is 42.8 Å². The van der Waals surface area contributed by atoms with Crippen LogP contribution >= 0.6 is 0 Å². The maximum Gasteiger partial charge on any atom is 0.241 e. The molecule has 1 saturated heterocycles. The van der Waals surface area contributed by atoms with Gasteiger partial charge in [0.1, 0.15) is 5.82 Å². The normalized spacial score (nSPS) is 23.6. The van der Waals surface area contributed by atoms with Crippen LogP contribution in [-0.4, -0.2) is 38.5 Å². The fourth-order valence-electron chi connectivity index (χ4n) is 2.88. The molecule has 1 aliphatic heterocycles. The van der Waals surface area contributed by atoms with E-state index in [0.717, 1.165) is 25.6 Å². The maximum atomic E-state index is 13.4. The lowest BCUT2D eigenvalue weighted by Crippen LogP contribution is -2.38. The summed E-state index contributed by atoms with van der Waals surface area (Å²) in [6.45, 7) is 1.72. The third-order valence-corrected chi connectivity index (χ3v) is 5.75. The monoisotopic (exact) mass is 313 g/mol. The van der Waals surface area contributed by atoms with Gasteiger partial charge in [-0.3, -0.25) is 4.90 Å². The van der Waals surface area contributed by atoms with Crippen LogP contribution in [0.15, 0.2) is 23.1 Å². The fraction of sp³-hybridized carbons (Fsp3) is 0.571. The largest absolute Gasteiger partial charge is 0.326 e. The summed E-state index contributed by atoms with van der Waals surface area (Å²) in [6, 6.07) is 4.22. The first-order chi connectivity index (χ1) is 9.99. The second kappa shape index (κ2) is 5.64. The van der Waals surface area contributed by atoms with Gasteiger partial charge in [-0.25, -0.2) is 17.5 Å². The van der Waals surface area contributed by atoms with Crippen molar-refractivity contribution in [3.63, 3.8) is 0 Å². The Morgan fingerprint density at radius 3 is 2.76 bits per heavy atom. The van der Waals surface area contributed by atoms with Crippen molar-refractivity contribution < 1.29 is 12.8 Å². The molecule has 1 unspecified atom stereocenters. The summed E-state index contributed by atoms with van der Waals surface area (Å²) in [5.41, 5.74) is 5.98. The average molecular weight is 313 g/mol. The van der Waals surface area contributed by atoms with Crippen LogP contribution in [0, 0.1) is 5.82 Å². The summed E-state index contributed by atoms with van der Waals surface area (Å²) in [5, 5.41) is 0. The average Bonchev–Trinajstić information content (AvgIpc) is 3.20. The smallest absolute Gasteiger partial charge is 0.241 e. The lowest BCUT2D eigenvalue weighted by atomic mass is 10.2. The van der Waals surface area contributed by atoms with E-state index in [0.29, 0.717) is 11.6 Å². The first-order valence-electron chi connectivity index (χ1n) is 7.24. The minimum Gasteiger partial charge on any atom is -0.326 e. The van der Waals surface area contributed by atoms with Gasteiger partial charge in [0.05, 0.1) is 4.90 Å². The molecule has 3 rings (SSSR count). The molecule has 0 aromatic heterocycles. The minimum absolute atomic E-state index is 0.0464. The zero-order valence-corrected chi connectivity index (χ0v) is 12.6. The van der Waals surface area contributed by atoms with Gasteiger partial charge in [-0.2, -0.15) is 0 Å². The van der Waals surface area contributed by atoms with E-state index in [2.05, 4.69) is 9.62 Å². The number of halogens is 1. The molecule has 1 aromatic rings. The highest BCUT2D eigenvalue weighted by Gasteiger charge is 2.36. The van der Waals surface area contributed by atoms with Crippen LogP contribution in [-0.2, 0) is 16.6 Å². The summed E-state index contributed by atoms with van der Waals surface area (Å²) < 4.78 is 41.0. The SMILES string of the molecule is NCc1ccc(F)cc1S(=O)(=O)NC1CCN(C2CC2)C1. The third kappa shape index (κ3) is 3.26. The van der Waals surface area contributed by atoms with Crippen molar-refractivity contribution >= 4 is 10.0 Å². The second-order valence-corrected chi connectivity index (χ2v) is 7.47. The van der Waals surface area contributed by atoms with E-state index in [4.69, 9.17) is 5.73 Å². The van der Waals surface area contributed by atoms with Crippen LogP contribution in [0.4, 0.5) is 4.39 Å². The molecule has 1 aliphatic carbocycles. The molecule has 2 fully saturated rings. The van der Waals surface area contributed by atoms with Crippen LogP contribution in [0.3, 0.4) is 0 Å². The van der Waals surface area contributed by atoms with Crippen LogP contribution in [0.5, 0.6) is 0 Å². The van der Waals surface area contributed by atoms with E-state index in [1.165, 1.54) is 25.0 Å². The van der Waals surface area contributed by atoms with E-state index in [-0.39, 0.29) is 17.5 Å². The Kier molecular flexibility index (Phi) is 4.00. The van der Waals surface area contributed by atoms with Crippen molar-refractivity contribution in [2.24, 2.45) is 5.73 Å². The first kappa shape index (κ1) is 14.9. The van der Waals surface area contributed by atoms with Gasteiger partial charge in [-0.15, -0.1) is 0 Å². The molecule has 7 heteroatoms. The molecular formula is C14H20FN3O2S. The van der Waals surface area contributed by atoms with E-state index < -0.39 is 15.8 Å². The van der Waals surface area contributed by atoms with E-state index in [9.17, 15) is 12.8 Å². The molecule has 3 N–H and O–H groups in total. The molecule has 0 spiro atoms. The number of hydrogen-bond donors (Lipinski definition) is 2. The number of rotatable bonds is 5. The predicted octanol–water partition coefficient (Wildman–Crippen LogP) is 0.799. The number of hydrogen-bond acceptors (Lipinski definition) is 4. The highest BCUT2D eigenvalue weighted by molar-refractivity contribution is 7.89. The minimum atomic E-state index is -3.73. The number of sulfonamides is 1. The van der Waals surface area contributed by atoms with Gasteiger partial charge in [0.25, 0.3) is 0 Å². The fourth-order valence-corrected chi connectivity index (χ4v) is 4.41. The van der Waals surface area contributed by atoms with E-state index >= 15 is 0 Å². The molecule has 1 saturated carbocycles. The summed E-state index contributed by atoms with van der Waals surface area (Å²) >= 11 is 0. The standard InChI is InChI=1S/C14H20FN3O2S/c15-11-2-1-10(8-16)14(7-11)21(19,20)17-12-5-6-18(9-12)13-3-4-13/h1-2,7,12-13,17H,3-6,8-9,16H2. The Morgan fingerprint density at radius 2 is 2.10 bits per heavy atom. The van der Waals surface area contributed by atoms with Crippen molar-refractivity contribution in [1.29, 1.82) is 0 Å². The van der Waals surface area contributed by atoms with Gasteiger partial charge in [0, 0.05) is 31.7 Å². The van der Waals surface area contributed by atoms with Gasteiger partial charge in [0.15, 0.2) is 0 Å². The number of nitrogens with one attached hydrogen (secondary N) is 1. The molecule has 0 radical (unpaired) electrons. The second-order valence-electron chi connectivity index (χ2n) is 5.79. The van der Waals surface area contributed by atoms with Gasteiger partial charge >= 0.3 is 0 Å². The lowest BCUT2D eigenvalue weighted by molar-refractivity contribution is 0.322. The van der Waals surface area contributed by atoms with Crippen LogP contribution in [0.25, 0.3) is 0 Å². The number of benzene rings is 1. The van der Waals surface area contributed by atoms with E-state index in [1.54, 1.807) is 0 Å². The maximum absolute atomic E-state index is 13.4. The number of nitrogens with zero attached hydrogens (tertiary/aromatic N) is 1. The zero-order chi connectivity index (χ0) is 15.0. The van der Waals surface area contributed by atoms with Gasteiger partial charge in [0.2, 0.25) is 10.0 Å². The summed E-state index contributed by atoms with van der Waals surface area (Å²) in [7, 11) is -3.73. The molecule has 0 amide bonds. The lowest BCUT2D eigenvalue weighted by Gasteiger charge is -2.17. The molecule has 116 valence electrons. The summed E-state index contributed by atoms with van der Waals surface area (Å²) in [6.07, 6.45) is 3.21. The van der Waals surface area contributed by atoms with Gasteiger partial charge < -0.3 is 5.73 Å². The first-order valence-corrected chi connectivity index (χ1v) is 8.73. The Labute approximate surface area is 124 Å². The Balaban J connectivity index is 1.76. The van der Waals surface area contributed by atoms with Crippen LogP contribution in [0.1, 0.15) is 24.8 Å². The van der Waals surface area contributed by atoms with Crippen molar-refractivity contribution in [3.8, 4) is 0 Å². The Hall–Kier alpha value is -1.02. The Bertz CT molecular complexity index is 631. The summed E-state index contributed by atoms with van der Waals surface area (Å²) in [4.78, 5) is 2.28. The molecule has 2 aliphatic rings. The van der Waals surface area contributed by atoms with Crippen LogP contribution < -0.4 is 10.5 Å². The van der Waals surface area contributed by atoms with Gasteiger partial charge in [-0.1, -0.05) is 6.07 Å². The van der Waals surface area contributed by atoms with Crippen molar-refractivity contribution in [1.82, 2.24) is 9.62 Å². The van der Waals surface area contributed by atoms with Crippen LogP contribution in [0.2, 0.25) is 0 Å². The van der Waals surface area contributed by atoms with Crippen molar-refractivity contribution in [3.05, 3.63) is 29.6 Å². The molecule has 21 heavy (non-hydrogen) atoms. The summed E-state index contributed by atoms with van der Waals surface area (Å²) in [5.74, 6) is -0.571. The van der Waals surface area contributed by atoms with Crippen molar-refractivity contribution in [2.75, 3.05) is 13.1 Å². The molecule has 1 atom stereocenters. The molecule has 1 heterocycles. The predicted molar refractivity (Wildman–Crippen MR) is 77.6 cm³/mol. The zero-order valence-electron chi connectivity index (χ0n) is 11.8. The quantitative estimate of drug-likeness (QED) is 0.843. The molecule has 1 aromatic carbocycles. The number of likely N-dealkylation sites (tertiary alicyclic amines) is 1. The third-order valence-electron chi connectivity index (χ3n) is 4.14. The molecule has 5 nitrogen and oxygen atoms in total. The number of nitrogens with two attached hydrogens (primary N) is 1. The van der Waals surface area contributed by atoms with Gasteiger partial charge in [-0.05, 0) is 37.0 Å².